The maximum Gasteiger partial charge on any atom is 0.237 e. The van der Waals surface area contributed by atoms with Crippen LogP contribution in [0.3, 0.4) is 0 Å². The summed E-state index contributed by atoms with van der Waals surface area (Å²) in [6, 6.07) is 11.4. The van der Waals surface area contributed by atoms with Crippen molar-refractivity contribution >= 4 is 22.9 Å². The second kappa shape index (κ2) is 14.3. The Balaban J connectivity index is 1.46. The Labute approximate surface area is 262 Å². The van der Waals surface area contributed by atoms with Gasteiger partial charge in [-0.2, -0.15) is 0 Å². The molecule has 3 aromatic rings. The van der Waals surface area contributed by atoms with Gasteiger partial charge in [0, 0.05) is 67.8 Å². The van der Waals surface area contributed by atoms with Crippen LogP contribution in [0, 0.1) is 5.92 Å². The minimum atomic E-state index is -0.0732. The SMILES string of the molecule is CCCC(CC(=O)N1CCCCN1)c1nc(-c2ccc3c(c2)C(CC(C)C)C(c2cccnc2C(C)OC)N3CC)cs1. The number of nitrogens with zero attached hydrogens (tertiary/aromatic N) is 4. The summed E-state index contributed by atoms with van der Waals surface area (Å²) in [7, 11) is 1.76. The minimum Gasteiger partial charge on any atom is -0.375 e. The Bertz CT molecular complexity index is 1370. The monoisotopic (exact) mass is 603 g/mol. The van der Waals surface area contributed by atoms with Crippen molar-refractivity contribution in [3.63, 3.8) is 0 Å². The molecule has 0 saturated carbocycles. The van der Waals surface area contributed by atoms with Crippen LogP contribution in [0.1, 0.15) is 119 Å². The van der Waals surface area contributed by atoms with Crippen LogP contribution in [0.15, 0.2) is 41.9 Å². The van der Waals surface area contributed by atoms with Gasteiger partial charge in [0.1, 0.15) is 0 Å². The quantitative estimate of drug-likeness (QED) is 0.226. The highest BCUT2D eigenvalue weighted by Crippen LogP contribution is 2.53. The van der Waals surface area contributed by atoms with Gasteiger partial charge in [-0.1, -0.05) is 39.3 Å². The third-order valence-electron chi connectivity index (χ3n) is 9.09. The number of hydrogen-bond donors (Lipinski definition) is 1. The lowest BCUT2D eigenvalue weighted by molar-refractivity contribution is -0.136. The number of pyridine rings is 1. The van der Waals surface area contributed by atoms with Crippen LogP contribution in [0.2, 0.25) is 0 Å². The fraction of sp³-hybridized carbons (Fsp3) is 0.571. The van der Waals surface area contributed by atoms with Gasteiger partial charge < -0.3 is 9.64 Å². The number of anilines is 1. The van der Waals surface area contributed by atoms with Crippen molar-refractivity contribution in [2.75, 3.05) is 31.6 Å². The first-order chi connectivity index (χ1) is 20.9. The number of amides is 1. The van der Waals surface area contributed by atoms with E-state index < -0.39 is 0 Å². The first-order valence-electron chi connectivity index (χ1n) is 16.2. The molecule has 2 aromatic heterocycles. The van der Waals surface area contributed by atoms with Crippen LogP contribution in [-0.2, 0) is 9.53 Å². The number of benzene rings is 1. The number of ether oxygens (including phenoxy) is 1. The third kappa shape index (κ3) is 6.81. The summed E-state index contributed by atoms with van der Waals surface area (Å²) in [5.74, 6) is 1.22. The van der Waals surface area contributed by atoms with E-state index in [1.165, 1.54) is 16.8 Å². The molecule has 4 unspecified atom stereocenters. The van der Waals surface area contributed by atoms with Gasteiger partial charge in [-0.25, -0.2) is 10.4 Å². The number of hydrazine groups is 1. The number of hydrogen-bond acceptors (Lipinski definition) is 7. The number of rotatable bonds is 12. The average Bonchev–Trinajstić information content (AvgIpc) is 3.63. The highest BCUT2D eigenvalue weighted by Gasteiger charge is 2.41. The predicted octanol–water partition coefficient (Wildman–Crippen LogP) is 8.02. The molecule has 1 fully saturated rings. The molecule has 2 aliphatic rings. The zero-order valence-corrected chi connectivity index (χ0v) is 27.6. The molecule has 4 heterocycles. The van der Waals surface area contributed by atoms with Gasteiger partial charge in [-0.3, -0.25) is 14.8 Å². The maximum absolute atomic E-state index is 13.1. The van der Waals surface area contributed by atoms with Gasteiger partial charge in [0.15, 0.2) is 0 Å². The van der Waals surface area contributed by atoms with E-state index in [4.69, 9.17) is 14.7 Å². The largest absolute Gasteiger partial charge is 0.375 e. The topological polar surface area (TPSA) is 70.6 Å². The van der Waals surface area contributed by atoms with Gasteiger partial charge in [-0.15, -0.1) is 11.3 Å². The van der Waals surface area contributed by atoms with Crippen molar-refractivity contribution < 1.29 is 9.53 Å². The van der Waals surface area contributed by atoms with Crippen molar-refractivity contribution in [1.82, 2.24) is 20.4 Å². The van der Waals surface area contributed by atoms with Crippen LogP contribution in [0.4, 0.5) is 5.69 Å². The molecular formula is C35H49N5O2S. The van der Waals surface area contributed by atoms with Crippen LogP contribution < -0.4 is 10.3 Å². The smallest absolute Gasteiger partial charge is 0.237 e. The number of fused-ring (bicyclic) bond motifs is 1. The van der Waals surface area contributed by atoms with E-state index in [-0.39, 0.29) is 24.0 Å². The molecule has 2 aliphatic heterocycles. The predicted molar refractivity (Wildman–Crippen MR) is 176 cm³/mol. The summed E-state index contributed by atoms with van der Waals surface area (Å²) >= 11 is 1.70. The maximum atomic E-state index is 13.1. The first kappa shape index (κ1) is 31.6. The fourth-order valence-electron chi connectivity index (χ4n) is 6.95. The Hall–Kier alpha value is -2.81. The van der Waals surface area contributed by atoms with E-state index >= 15 is 0 Å². The van der Waals surface area contributed by atoms with E-state index in [1.807, 2.05) is 11.2 Å². The van der Waals surface area contributed by atoms with Crippen LogP contribution in [0.25, 0.3) is 11.3 Å². The number of carbonyl (C=O) groups is 1. The highest BCUT2D eigenvalue weighted by atomic mass is 32.1. The Morgan fingerprint density at radius 1 is 1.16 bits per heavy atom. The van der Waals surface area contributed by atoms with Gasteiger partial charge in [0.25, 0.3) is 0 Å². The van der Waals surface area contributed by atoms with E-state index in [1.54, 1.807) is 18.4 Å². The Morgan fingerprint density at radius 3 is 2.70 bits per heavy atom. The van der Waals surface area contributed by atoms with Gasteiger partial charge in [0.2, 0.25) is 5.91 Å². The van der Waals surface area contributed by atoms with Crippen LogP contribution in [0.5, 0.6) is 0 Å². The van der Waals surface area contributed by atoms with Crippen LogP contribution >= 0.6 is 11.3 Å². The third-order valence-corrected chi connectivity index (χ3v) is 10.1. The molecule has 0 aliphatic carbocycles. The van der Waals surface area contributed by atoms with Crippen molar-refractivity contribution in [3.05, 3.63) is 63.7 Å². The molecule has 1 N–H and O–H groups in total. The number of carbonyl (C=O) groups excluding carboxylic acids is 1. The summed E-state index contributed by atoms with van der Waals surface area (Å²) < 4.78 is 5.76. The Kier molecular flexibility index (Phi) is 10.5. The van der Waals surface area contributed by atoms with Crippen LogP contribution in [-0.4, -0.2) is 47.6 Å². The van der Waals surface area contributed by atoms with Gasteiger partial charge in [0.05, 0.1) is 28.5 Å². The lowest BCUT2D eigenvalue weighted by Gasteiger charge is -2.32. The zero-order chi connectivity index (χ0) is 30.5. The highest BCUT2D eigenvalue weighted by molar-refractivity contribution is 7.10. The second-order valence-electron chi connectivity index (χ2n) is 12.5. The molecule has 1 saturated heterocycles. The molecule has 0 radical (unpaired) electrons. The first-order valence-corrected chi connectivity index (χ1v) is 17.1. The van der Waals surface area contributed by atoms with Gasteiger partial charge >= 0.3 is 0 Å². The summed E-state index contributed by atoms with van der Waals surface area (Å²) in [4.78, 5) is 25.6. The molecule has 0 bridgehead atoms. The molecule has 8 heteroatoms. The second-order valence-corrected chi connectivity index (χ2v) is 13.4. The van der Waals surface area contributed by atoms with Gasteiger partial charge in [-0.05, 0) is 74.8 Å². The van der Waals surface area contributed by atoms with Crippen molar-refractivity contribution in [3.8, 4) is 11.3 Å². The average molecular weight is 604 g/mol. The van der Waals surface area contributed by atoms with Crippen molar-refractivity contribution in [2.24, 2.45) is 5.92 Å². The lowest BCUT2D eigenvalue weighted by Crippen LogP contribution is -2.47. The molecule has 232 valence electrons. The summed E-state index contributed by atoms with van der Waals surface area (Å²) in [6.45, 7) is 13.8. The lowest BCUT2D eigenvalue weighted by atomic mass is 9.82. The standard InChI is InChI=1S/C35H49N5O2S/c1-7-12-26(21-32(41)40-18-10-9-17-37-40)35-38-30(22-43-35)25-14-15-31-28(20-25)29(19-23(3)4)34(39(31)8-2)27-13-11-16-36-33(27)24(5)42-6/h11,13-16,20,22-24,26,29,34,37H,7-10,12,17-19,21H2,1-6H3. The fourth-order valence-corrected chi connectivity index (χ4v) is 7.91. The number of aromatic nitrogens is 2. The molecule has 7 nitrogen and oxygen atoms in total. The number of methoxy groups -OCH3 is 1. The van der Waals surface area contributed by atoms with E-state index in [9.17, 15) is 4.79 Å². The number of nitrogens with one attached hydrogen (secondary N) is 1. The molecule has 1 amide bonds. The molecule has 4 atom stereocenters. The van der Waals surface area contributed by atoms with E-state index in [0.717, 1.165) is 73.7 Å². The molecule has 43 heavy (non-hydrogen) atoms. The zero-order valence-electron chi connectivity index (χ0n) is 26.8. The van der Waals surface area contributed by atoms with E-state index in [0.29, 0.717) is 18.3 Å². The number of likely N-dealkylation sites (N-methyl/N-ethyl adjacent to an activating group) is 1. The van der Waals surface area contributed by atoms with Crippen molar-refractivity contribution in [2.45, 2.75) is 97.1 Å². The van der Waals surface area contributed by atoms with Crippen molar-refractivity contribution in [1.29, 1.82) is 0 Å². The minimum absolute atomic E-state index is 0.0732. The molecular weight excluding hydrogens is 554 g/mol. The van der Waals surface area contributed by atoms with E-state index in [2.05, 4.69) is 80.7 Å². The summed E-state index contributed by atoms with van der Waals surface area (Å²) in [5.41, 5.74) is 10.4. The summed E-state index contributed by atoms with van der Waals surface area (Å²) in [6.07, 6.45) is 7.59. The molecule has 1 aromatic carbocycles. The molecule has 5 rings (SSSR count). The summed E-state index contributed by atoms with van der Waals surface area (Å²) in [5, 5.41) is 5.08. The normalized spacial score (nSPS) is 20.0. The Morgan fingerprint density at radius 2 is 2.00 bits per heavy atom. The number of thiazole rings is 1. The molecule has 0 spiro atoms.